The number of imidazole rings is 1. The number of nitrogens with two attached hydrogens (primary N) is 1. The molecule has 0 aliphatic carbocycles. The number of rotatable bonds is 2. The highest BCUT2D eigenvalue weighted by Gasteiger charge is 2.10. The molecule has 0 radical (unpaired) electrons. The van der Waals surface area contributed by atoms with Crippen LogP contribution < -0.4 is 5.73 Å². The summed E-state index contributed by atoms with van der Waals surface area (Å²) >= 11 is 3.34. The van der Waals surface area contributed by atoms with E-state index in [1.165, 1.54) is 6.07 Å². The van der Waals surface area contributed by atoms with Crippen molar-refractivity contribution in [3.05, 3.63) is 58.7 Å². The molecule has 0 aliphatic heterocycles. The average molecular weight is 350 g/mol. The molecule has 0 spiro atoms. The zero-order chi connectivity index (χ0) is 15.0. The van der Waals surface area contributed by atoms with Crippen molar-refractivity contribution in [3.63, 3.8) is 0 Å². The van der Waals surface area contributed by atoms with Gasteiger partial charge >= 0.3 is 0 Å². The van der Waals surface area contributed by atoms with Crippen LogP contribution in [0.15, 0.2) is 47.1 Å². The molecule has 6 heteroatoms. The van der Waals surface area contributed by atoms with Crippen LogP contribution in [0.2, 0.25) is 0 Å². The van der Waals surface area contributed by atoms with Gasteiger partial charge in [-0.3, -0.25) is 0 Å². The van der Waals surface area contributed by atoms with Crippen molar-refractivity contribution in [3.8, 4) is 22.6 Å². The van der Waals surface area contributed by atoms with Crippen molar-refractivity contribution in [2.75, 3.05) is 5.73 Å². The topological polar surface area (TPSA) is 54.7 Å². The van der Waals surface area contributed by atoms with Gasteiger partial charge in [0.2, 0.25) is 0 Å². The summed E-state index contributed by atoms with van der Waals surface area (Å²) in [7, 11) is 0. The van der Waals surface area contributed by atoms with Gasteiger partial charge in [0.25, 0.3) is 0 Å². The molecule has 0 aliphatic rings. The number of aromatic amines is 1. The smallest absolute Gasteiger partial charge is 0.159 e. The number of hydrogen-bond donors (Lipinski definition) is 2. The minimum atomic E-state index is -0.896. The fourth-order valence-electron chi connectivity index (χ4n) is 2.02. The Hall–Kier alpha value is -2.21. The van der Waals surface area contributed by atoms with Crippen molar-refractivity contribution >= 4 is 21.6 Å². The third-order valence-electron chi connectivity index (χ3n) is 3.08. The molecule has 0 saturated heterocycles. The van der Waals surface area contributed by atoms with E-state index >= 15 is 0 Å². The van der Waals surface area contributed by atoms with Gasteiger partial charge in [-0.1, -0.05) is 15.9 Å². The Bertz CT molecular complexity index is 814. The zero-order valence-corrected chi connectivity index (χ0v) is 12.3. The van der Waals surface area contributed by atoms with E-state index in [-0.39, 0.29) is 0 Å². The first kappa shape index (κ1) is 13.8. The summed E-state index contributed by atoms with van der Waals surface area (Å²) in [6.07, 6.45) is 1.56. The van der Waals surface area contributed by atoms with E-state index in [1.807, 2.05) is 12.1 Å². The van der Waals surface area contributed by atoms with E-state index in [4.69, 9.17) is 5.73 Å². The van der Waals surface area contributed by atoms with Gasteiger partial charge in [-0.2, -0.15) is 0 Å². The van der Waals surface area contributed by atoms with Gasteiger partial charge in [0, 0.05) is 21.3 Å². The fraction of sp³-hybridized carbons (Fsp3) is 0. The minimum Gasteiger partial charge on any atom is -0.398 e. The summed E-state index contributed by atoms with van der Waals surface area (Å²) < 4.78 is 27.1. The first-order chi connectivity index (χ1) is 10.0. The molecule has 2 aromatic carbocycles. The number of nitrogen functional groups attached to an aromatic ring is 1. The molecular formula is C15H10BrF2N3. The first-order valence-corrected chi connectivity index (χ1v) is 6.90. The molecule has 0 atom stereocenters. The van der Waals surface area contributed by atoms with Gasteiger partial charge in [-0.05, 0) is 36.4 Å². The standard InChI is InChI=1S/C15H10BrF2N3/c16-9-2-3-10(13(19)6-9)15-20-7-14(21-15)8-1-4-11(17)12(18)5-8/h1-7H,19H2,(H,20,21). The molecule has 106 valence electrons. The van der Waals surface area contributed by atoms with Gasteiger partial charge < -0.3 is 10.7 Å². The Morgan fingerprint density at radius 1 is 1.05 bits per heavy atom. The van der Waals surface area contributed by atoms with Crippen molar-refractivity contribution in [1.82, 2.24) is 9.97 Å². The second-order valence-corrected chi connectivity index (χ2v) is 5.42. The van der Waals surface area contributed by atoms with Crippen LogP contribution in [-0.2, 0) is 0 Å². The maximum absolute atomic E-state index is 13.3. The van der Waals surface area contributed by atoms with Crippen molar-refractivity contribution < 1.29 is 8.78 Å². The number of nitrogens with one attached hydrogen (secondary N) is 1. The van der Waals surface area contributed by atoms with Crippen molar-refractivity contribution in [2.24, 2.45) is 0 Å². The summed E-state index contributed by atoms with van der Waals surface area (Å²) in [6.45, 7) is 0. The Kier molecular flexibility index (Phi) is 3.47. The van der Waals surface area contributed by atoms with E-state index in [1.54, 1.807) is 12.3 Å². The Morgan fingerprint density at radius 2 is 1.86 bits per heavy atom. The molecule has 3 aromatic rings. The van der Waals surface area contributed by atoms with E-state index in [0.717, 1.165) is 22.2 Å². The highest BCUT2D eigenvalue weighted by atomic mass is 79.9. The SMILES string of the molecule is Nc1cc(Br)ccc1-c1ncc(-c2ccc(F)c(F)c2)[nH]1. The number of nitrogens with zero attached hydrogens (tertiary/aromatic N) is 1. The first-order valence-electron chi connectivity index (χ1n) is 6.10. The quantitative estimate of drug-likeness (QED) is 0.675. The van der Waals surface area contributed by atoms with Crippen LogP contribution in [0.3, 0.4) is 0 Å². The maximum atomic E-state index is 13.3. The number of benzene rings is 2. The van der Waals surface area contributed by atoms with E-state index in [9.17, 15) is 8.78 Å². The molecule has 0 unspecified atom stereocenters. The average Bonchev–Trinajstić information content (AvgIpc) is 2.91. The molecule has 21 heavy (non-hydrogen) atoms. The number of anilines is 1. The minimum absolute atomic E-state index is 0.517. The monoisotopic (exact) mass is 349 g/mol. The molecule has 3 rings (SSSR count). The lowest BCUT2D eigenvalue weighted by molar-refractivity contribution is 0.509. The van der Waals surface area contributed by atoms with Crippen LogP contribution in [0.5, 0.6) is 0 Å². The number of hydrogen-bond acceptors (Lipinski definition) is 2. The number of aromatic nitrogens is 2. The lowest BCUT2D eigenvalue weighted by atomic mass is 10.1. The van der Waals surface area contributed by atoms with Crippen LogP contribution in [0.4, 0.5) is 14.5 Å². The van der Waals surface area contributed by atoms with E-state index < -0.39 is 11.6 Å². The summed E-state index contributed by atoms with van der Waals surface area (Å²) in [6, 6.07) is 9.14. The van der Waals surface area contributed by atoms with Crippen molar-refractivity contribution in [2.45, 2.75) is 0 Å². The zero-order valence-electron chi connectivity index (χ0n) is 10.7. The van der Waals surface area contributed by atoms with E-state index in [2.05, 4.69) is 25.9 Å². The lowest BCUT2D eigenvalue weighted by Gasteiger charge is -2.03. The number of H-pyrrole nitrogens is 1. The van der Waals surface area contributed by atoms with Gasteiger partial charge in [0.05, 0.1) is 11.9 Å². The summed E-state index contributed by atoms with van der Waals surface area (Å²) in [5, 5.41) is 0. The van der Waals surface area contributed by atoms with Crippen LogP contribution in [0.1, 0.15) is 0 Å². The Morgan fingerprint density at radius 3 is 2.57 bits per heavy atom. The van der Waals surface area contributed by atoms with Crippen LogP contribution in [-0.4, -0.2) is 9.97 Å². The predicted molar refractivity (Wildman–Crippen MR) is 81.5 cm³/mol. The van der Waals surface area contributed by atoms with Gasteiger partial charge in [-0.25, -0.2) is 13.8 Å². The molecule has 0 amide bonds. The van der Waals surface area contributed by atoms with Gasteiger partial charge in [0.1, 0.15) is 5.82 Å². The lowest BCUT2D eigenvalue weighted by Crippen LogP contribution is -1.91. The van der Waals surface area contributed by atoms with Crippen molar-refractivity contribution in [1.29, 1.82) is 0 Å². The largest absolute Gasteiger partial charge is 0.398 e. The third kappa shape index (κ3) is 2.67. The third-order valence-corrected chi connectivity index (χ3v) is 3.57. The molecule has 0 fully saturated rings. The second kappa shape index (κ2) is 5.29. The second-order valence-electron chi connectivity index (χ2n) is 4.51. The van der Waals surface area contributed by atoms with E-state index in [0.29, 0.717) is 22.8 Å². The van der Waals surface area contributed by atoms with Gasteiger partial charge in [-0.15, -0.1) is 0 Å². The maximum Gasteiger partial charge on any atom is 0.159 e. The Labute approximate surface area is 128 Å². The summed E-state index contributed by atoms with van der Waals surface area (Å²) in [5.41, 5.74) is 8.36. The highest BCUT2D eigenvalue weighted by molar-refractivity contribution is 9.10. The molecular weight excluding hydrogens is 340 g/mol. The molecule has 3 nitrogen and oxygen atoms in total. The molecule has 3 N–H and O–H groups in total. The number of halogens is 3. The predicted octanol–water partition coefficient (Wildman–Crippen LogP) is 4.37. The van der Waals surface area contributed by atoms with Gasteiger partial charge in [0.15, 0.2) is 11.6 Å². The molecule has 1 heterocycles. The highest BCUT2D eigenvalue weighted by Crippen LogP contribution is 2.28. The van der Waals surface area contributed by atoms with Crippen LogP contribution >= 0.6 is 15.9 Å². The van der Waals surface area contributed by atoms with Crippen LogP contribution in [0.25, 0.3) is 22.6 Å². The summed E-state index contributed by atoms with van der Waals surface area (Å²) in [5.74, 6) is -1.21. The normalized spacial score (nSPS) is 10.8. The molecule has 0 saturated carbocycles. The van der Waals surface area contributed by atoms with Crippen LogP contribution in [0, 0.1) is 11.6 Å². The molecule has 1 aromatic heterocycles. The molecule has 0 bridgehead atoms. The fourth-order valence-corrected chi connectivity index (χ4v) is 2.40. The Balaban J connectivity index is 2.01. The summed E-state index contributed by atoms with van der Waals surface area (Å²) in [4.78, 5) is 7.30.